The van der Waals surface area contributed by atoms with Crippen LogP contribution in [0.1, 0.15) is 31.4 Å². The van der Waals surface area contributed by atoms with Gasteiger partial charge < -0.3 is 4.90 Å². The first-order valence-corrected chi connectivity index (χ1v) is 10.6. The average molecular weight is 374 g/mol. The van der Waals surface area contributed by atoms with Crippen molar-refractivity contribution < 1.29 is 8.42 Å². The molecule has 6 heteroatoms. The highest BCUT2D eigenvalue weighted by Crippen LogP contribution is 2.28. The first-order chi connectivity index (χ1) is 12.4. The third kappa shape index (κ3) is 4.26. The summed E-state index contributed by atoms with van der Waals surface area (Å²) >= 11 is 0. The summed E-state index contributed by atoms with van der Waals surface area (Å²) in [7, 11) is -1.42. The highest BCUT2D eigenvalue weighted by atomic mass is 32.2. The van der Waals surface area contributed by atoms with Crippen molar-refractivity contribution in [1.29, 1.82) is 0 Å². The maximum Gasteiger partial charge on any atom is 0.238 e. The molecule has 1 heterocycles. The number of benzene rings is 2. The first kappa shape index (κ1) is 18.9. The molecule has 1 fully saturated rings. The van der Waals surface area contributed by atoms with E-state index < -0.39 is 10.0 Å². The lowest BCUT2D eigenvalue weighted by Crippen LogP contribution is -2.44. The van der Waals surface area contributed by atoms with Crippen LogP contribution >= 0.6 is 0 Å². The van der Waals surface area contributed by atoms with Crippen LogP contribution in [0.3, 0.4) is 0 Å². The van der Waals surface area contributed by atoms with E-state index in [0.717, 1.165) is 31.6 Å². The van der Waals surface area contributed by atoms with E-state index in [9.17, 15) is 8.42 Å². The molecule has 1 saturated heterocycles. The van der Waals surface area contributed by atoms with Gasteiger partial charge in [-0.1, -0.05) is 30.3 Å². The van der Waals surface area contributed by atoms with Crippen LogP contribution in [-0.4, -0.2) is 39.5 Å². The van der Waals surface area contributed by atoms with Gasteiger partial charge in [0.15, 0.2) is 0 Å². The summed E-state index contributed by atoms with van der Waals surface area (Å²) in [6.07, 6.45) is 2.18. The number of primary sulfonamides is 1. The van der Waals surface area contributed by atoms with Crippen molar-refractivity contribution in [2.45, 2.75) is 36.7 Å². The number of nitrogens with zero attached hydrogens (tertiary/aromatic N) is 2. The second-order valence-electron chi connectivity index (χ2n) is 7.01. The van der Waals surface area contributed by atoms with Gasteiger partial charge >= 0.3 is 0 Å². The topological polar surface area (TPSA) is 66.6 Å². The van der Waals surface area contributed by atoms with Crippen LogP contribution in [0.2, 0.25) is 0 Å². The van der Waals surface area contributed by atoms with Crippen molar-refractivity contribution >= 4 is 15.7 Å². The van der Waals surface area contributed by atoms with E-state index in [0.29, 0.717) is 12.1 Å². The fourth-order valence-electron chi connectivity index (χ4n) is 3.66. The molecule has 5 nitrogen and oxygen atoms in total. The van der Waals surface area contributed by atoms with Crippen LogP contribution in [-0.2, 0) is 10.0 Å². The lowest BCUT2D eigenvalue weighted by Gasteiger charge is -2.40. The Kier molecular flexibility index (Phi) is 5.65. The Hall–Kier alpha value is -1.89. The van der Waals surface area contributed by atoms with Crippen molar-refractivity contribution in [2.75, 3.05) is 25.0 Å². The summed E-state index contributed by atoms with van der Waals surface area (Å²) in [4.78, 5) is 4.94. The van der Waals surface area contributed by atoms with E-state index in [1.54, 1.807) is 12.1 Å². The van der Waals surface area contributed by atoms with E-state index in [-0.39, 0.29) is 4.90 Å². The number of anilines is 1. The molecule has 0 amide bonds. The van der Waals surface area contributed by atoms with Gasteiger partial charge in [-0.25, -0.2) is 13.6 Å². The number of nitrogens with two attached hydrogens (primary N) is 1. The summed E-state index contributed by atoms with van der Waals surface area (Å²) in [6, 6.07) is 18.4. The van der Waals surface area contributed by atoms with E-state index in [1.165, 1.54) is 5.56 Å². The molecular weight excluding hydrogens is 346 g/mol. The van der Waals surface area contributed by atoms with Gasteiger partial charge in [0.2, 0.25) is 10.0 Å². The Labute approximate surface area is 156 Å². The number of piperidine rings is 1. The number of sulfonamides is 1. The summed E-state index contributed by atoms with van der Waals surface area (Å²) in [5, 5.41) is 5.17. The molecule has 3 rings (SSSR count). The number of rotatable bonds is 5. The predicted molar refractivity (Wildman–Crippen MR) is 106 cm³/mol. The molecule has 0 saturated carbocycles. The van der Waals surface area contributed by atoms with Gasteiger partial charge in [-0.2, -0.15) is 0 Å². The zero-order valence-electron chi connectivity index (χ0n) is 15.4. The third-order valence-electron chi connectivity index (χ3n) is 5.46. The normalized spacial score (nSPS) is 17.5. The van der Waals surface area contributed by atoms with Gasteiger partial charge in [-0.15, -0.1) is 0 Å². The zero-order chi connectivity index (χ0) is 18.7. The van der Waals surface area contributed by atoms with Crippen LogP contribution in [0.4, 0.5) is 5.69 Å². The quantitative estimate of drug-likeness (QED) is 0.875. The molecule has 2 aromatic rings. The van der Waals surface area contributed by atoms with Crippen molar-refractivity contribution in [3.63, 3.8) is 0 Å². The molecule has 26 heavy (non-hydrogen) atoms. The molecule has 1 atom stereocenters. The number of hydrogen-bond donors (Lipinski definition) is 1. The van der Waals surface area contributed by atoms with Crippen LogP contribution in [0, 0.1) is 0 Å². The Bertz CT molecular complexity index is 814. The largest absolute Gasteiger partial charge is 0.371 e. The smallest absolute Gasteiger partial charge is 0.238 e. The second-order valence-corrected chi connectivity index (χ2v) is 8.57. The SMILES string of the molecule is CC(c1ccccc1)N(C)C1CCN(c2ccc(S(N)(=O)=O)cc2)CC1. The highest BCUT2D eigenvalue weighted by molar-refractivity contribution is 7.89. The van der Waals surface area contributed by atoms with E-state index in [4.69, 9.17) is 5.14 Å². The summed E-state index contributed by atoms with van der Waals surface area (Å²) in [6.45, 7) is 4.18. The van der Waals surface area contributed by atoms with Crippen molar-refractivity contribution in [2.24, 2.45) is 5.14 Å². The van der Waals surface area contributed by atoms with Gasteiger partial charge in [-0.3, -0.25) is 4.90 Å². The molecule has 0 radical (unpaired) electrons. The Morgan fingerprint density at radius 2 is 1.62 bits per heavy atom. The summed E-state index contributed by atoms with van der Waals surface area (Å²) in [5.74, 6) is 0. The molecule has 1 aliphatic heterocycles. The standard InChI is InChI=1S/C20H27N3O2S/c1-16(17-6-4-3-5-7-17)22(2)18-12-14-23(15-13-18)19-8-10-20(11-9-19)26(21,24)25/h3-11,16,18H,12-15H2,1-2H3,(H2,21,24,25). The fourth-order valence-corrected chi connectivity index (χ4v) is 4.18. The minimum absolute atomic E-state index is 0.160. The van der Waals surface area contributed by atoms with Crippen LogP contribution in [0.15, 0.2) is 59.5 Å². The fraction of sp³-hybridized carbons (Fsp3) is 0.400. The van der Waals surface area contributed by atoms with Crippen LogP contribution in [0.25, 0.3) is 0 Å². The van der Waals surface area contributed by atoms with Gasteiger partial charge in [0, 0.05) is 30.9 Å². The number of hydrogen-bond acceptors (Lipinski definition) is 4. The predicted octanol–water partition coefficient (Wildman–Crippen LogP) is 3.00. The average Bonchev–Trinajstić information content (AvgIpc) is 2.67. The van der Waals surface area contributed by atoms with Crippen LogP contribution < -0.4 is 10.0 Å². The molecular formula is C20H27N3O2S. The second kappa shape index (κ2) is 7.78. The van der Waals surface area contributed by atoms with Gasteiger partial charge in [0.25, 0.3) is 0 Å². The van der Waals surface area contributed by atoms with Crippen LogP contribution in [0.5, 0.6) is 0 Å². The third-order valence-corrected chi connectivity index (χ3v) is 6.39. The first-order valence-electron chi connectivity index (χ1n) is 9.01. The lowest BCUT2D eigenvalue weighted by molar-refractivity contribution is 0.159. The lowest BCUT2D eigenvalue weighted by atomic mass is 9.99. The van der Waals surface area contributed by atoms with E-state index in [2.05, 4.69) is 54.1 Å². The molecule has 0 spiro atoms. The summed E-state index contributed by atoms with van der Waals surface area (Å²) < 4.78 is 22.8. The summed E-state index contributed by atoms with van der Waals surface area (Å²) in [5.41, 5.74) is 2.39. The molecule has 2 aromatic carbocycles. The van der Waals surface area contributed by atoms with Gasteiger partial charge in [0.05, 0.1) is 4.90 Å². The van der Waals surface area contributed by atoms with Crippen molar-refractivity contribution in [1.82, 2.24) is 4.90 Å². The van der Waals surface area contributed by atoms with Gasteiger partial charge in [0.1, 0.15) is 0 Å². The zero-order valence-corrected chi connectivity index (χ0v) is 16.2. The molecule has 0 aromatic heterocycles. The van der Waals surface area contributed by atoms with Gasteiger partial charge in [-0.05, 0) is 56.6 Å². The molecule has 0 bridgehead atoms. The molecule has 140 valence electrons. The minimum atomic E-state index is -3.63. The highest BCUT2D eigenvalue weighted by Gasteiger charge is 2.26. The van der Waals surface area contributed by atoms with E-state index in [1.807, 2.05) is 12.1 Å². The Morgan fingerprint density at radius 3 is 2.15 bits per heavy atom. The minimum Gasteiger partial charge on any atom is -0.371 e. The molecule has 0 aliphatic carbocycles. The maximum absolute atomic E-state index is 11.4. The van der Waals surface area contributed by atoms with Crippen molar-refractivity contribution in [3.05, 3.63) is 60.2 Å². The van der Waals surface area contributed by atoms with E-state index >= 15 is 0 Å². The molecule has 1 unspecified atom stereocenters. The molecule has 1 aliphatic rings. The Morgan fingerprint density at radius 1 is 1.04 bits per heavy atom. The molecule has 2 N–H and O–H groups in total. The maximum atomic E-state index is 11.4. The monoisotopic (exact) mass is 373 g/mol. The van der Waals surface area contributed by atoms with Crippen molar-refractivity contribution in [3.8, 4) is 0 Å². The Balaban J connectivity index is 1.60.